The fraction of sp³-hybridized carbons (Fsp3) is 0.0800. The molecule has 0 unspecified atom stereocenters. The number of carbonyl (C=O) groups is 2. The number of nitrogens with one attached hydrogen (secondary N) is 3. The molecule has 33 heavy (non-hydrogen) atoms. The van der Waals surface area contributed by atoms with Crippen molar-refractivity contribution in [2.75, 3.05) is 16.0 Å². The predicted octanol–water partition coefficient (Wildman–Crippen LogP) is 4.80. The van der Waals surface area contributed by atoms with E-state index in [1.165, 1.54) is 6.92 Å². The van der Waals surface area contributed by atoms with Crippen LogP contribution in [0.4, 0.5) is 23.0 Å². The highest BCUT2D eigenvalue weighted by molar-refractivity contribution is 6.05. The molecule has 4 aromatic rings. The molecule has 8 heteroatoms. The highest BCUT2D eigenvalue weighted by Gasteiger charge is 2.10. The number of anilines is 4. The highest BCUT2D eigenvalue weighted by atomic mass is 16.2. The molecule has 0 aliphatic rings. The number of carbonyl (C=O) groups excluding carboxylic acids is 2. The average molecular weight is 438 g/mol. The molecular formula is C25H22N6O2. The predicted molar refractivity (Wildman–Crippen MR) is 128 cm³/mol. The fourth-order valence-electron chi connectivity index (χ4n) is 3.16. The zero-order chi connectivity index (χ0) is 23.2. The summed E-state index contributed by atoms with van der Waals surface area (Å²) in [5.74, 6) is 0.0207. The molecule has 0 radical (unpaired) electrons. The van der Waals surface area contributed by atoms with Crippen LogP contribution in [0.2, 0.25) is 0 Å². The van der Waals surface area contributed by atoms with Crippen LogP contribution in [0, 0.1) is 6.92 Å². The zero-order valence-electron chi connectivity index (χ0n) is 18.2. The van der Waals surface area contributed by atoms with Crippen LogP contribution in [0.25, 0.3) is 11.3 Å². The van der Waals surface area contributed by atoms with E-state index in [9.17, 15) is 9.59 Å². The van der Waals surface area contributed by atoms with E-state index in [0.717, 1.165) is 22.5 Å². The molecular weight excluding hydrogens is 416 g/mol. The highest BCUT2D eigenvalue weighted by Crippen LogP contribution is 2.24. The quantitative estimate of drug-likeness (QED) is 0.399. The Morgan fingerprint density at radius 2 is 1.67 bits per heavy atom. The molecule has 0 saturated carbocycles. The van der Waals surface area contributed by atoms with Gasteiger partial charge in [0.15, 0.2) is 0 Å². The normalized spacial score (nSPS) is 10.4. The van der Waals surface area contributed by atoms with E-state index < -0.39 is 0 Å². The van der Waals surface area contributed by atoms with Gasteiger partial charge in [-0.2, -0.15) is 0 Å². The van der Waals surface area contributed by atoms with Gasteiger partial charge in [-0.15, -0.1) is 0 Å². The molecule has 2 aromatic carbocycles. The van der Waals surface area contributed by atoms with Crippen LogP contribution in [0.3, 0.4) is 0 Å². The monoisotopic (exact) mass is 438 g/mol. The fourth-order valence-corrected chi connectivity index (χ4v) is 3.16. The van der Waals surface area contributed by atoms with Crippen molar-refractivity contribution in [1.29, 1.82) is 0 Å². The minimum Gasteiger partial charge on any atom is -0.326 e. The van der Waals surface area contributed by atoms with Crippen LogP contribution in [0.15, 0.2) is 79.3 Å². The lowest BCUT2D eigenvalue weighted by Gasteiger charge is -2.12. The van der Waals surface area contributed by atoms with Gasteiger partial charge < -0.3 is 16.0 Å². The minimum absolute atomic E-state index is 0.165. The van der Waals surface area contributed by atoms with Gasteiger partial charge in [-0.25, -0.2) is 9.97 Å². The lowest BCUT2D eigenvalue weighted by atomic mass is 10.1. The van der Waals surface area contributed by atoms with Crippen LogP contribution in [-0.4, -0.2) is 26.8 Å². The summed E-state index contributed by atoms with van der Waals surface area (Å²) in [5.41, 5.74) is 5.14. The molecule has 0 atom stereocenters. The van der Waals surface area contributed by atoms with E-state index in [4.69, 9.17) is 0 Å². The maximum atomic E-state index is 12.7. The van der Waals surface area contributed by atoms with E-state index in [0.29, 0.717) is 22.9 Å². The number of aromatic nitrogens is 3. The number of pyridine rings is 1. The van der Waals surface area contributed by atoms with Gasteiger partial charge in [0, 0.05) is 53.7 Å². The second-order valence-electron chi connectivity index (χ2n) is 7.37. The van der Waals surface area contributed by atoms with Crippen LogP contribution in [0.1, 0.15) is 22.8 Å². The third-order valence-corrected chi connectivity index (χ3v) is 4.82. The second kappa shape index (κ2) is 9.69. The van der Waals surface area contributed by atoms with Gasteiger partial charge >= 0.3 is 0 Å². The van der Waals surface area contributed by atoms with Gasteiger partial charge in [-0.1, -0.05) is 6.07 Å². The molecule has 4 rings (SSSR count). The number of benzene rings is 2. The Labute approximate surface area is 191 Å². The number of aryl methyl sites for hydroxylation is 1. The number of hydrogen-bond donors (Lipinski definition) is 3. The van der Waals surface area contributed by atoms with Gasteiger partial charge in [0.1, 0.15) is 0 Å². The summed E-state index contributed by atoms with van der Waals surface area (Å²) < 4.78 is 0. The van der Waals surface area contributed by atoms with Crippen molar-refractivity contribution in [3.05, 3.63) is 90.4 Å². The minimum atomic E-state index is -0.256. The van der Waals surface area contributed by atoms with E-state index in [1.807, 2.05) is 43.3 Å². The number of nitrogens with zero attached hydrogens (tertiary/aromatic N) is 3. The summed E-state index contributed by atoms with van der Waals surface area (Å²) in [6.07, 6.45) is 5.14. The van der Waals surface area contributed by atoms with Crippen molar-refractivity contribution in [1.82, 2.24) is 15.0 Å². The van der Waals surface area contributed by atoms with Gasteiger partial charge in [-0.3, -0.25) is 14.6 Å². The molecule has 2 heterocycles. The van der Waals surface area contributed by atoms with Gasteiger partial charge in [-0.05, 0) is 67.1 Å². The molecule has 0 spiro atoms. The molecule has 0 saturated heterocycles. The van der Waals surface area contributed by atoms with E-state index in [-0.39, 0.29) is 11.8 Å². The first-order valence-corrected chi connectivity index (χ1v) is 10.3. The maximum absolute atomic E-state index is 12.7. The van der Waals surface area contributed by atoms with E-state index in [2.05, 4.69) is 30.9 Å². The lowest BCUT2D eigenvalue weighted by molar-refractivity contribution is -0.114. The molecule has 0 aliphatic carbocycles. The summed E-state index contributed by atoms with van der Waals surface area (Å²) >= 11 is 0. The molecule has 0 fully saturated rings. The number of amides is 2. The van der Waals surface area contributed by atoms with Crippen molar-refractivity contribution in [2.45, 2.75) is 13.8 Å². The maximum Gasteiger partial charge on any atom is 0.255 e. The summed E-state index contributed by atoms with van der Waals surface area (Å²) in [6, 6.07) is 17.9. The molecule has 164 valence electrons. The average Bonchev–Trinajstić information content (AvgIpc) is 2.82. The third kappa shape index (κ3) is 5.56. The molecule has 8 nitrogen and oxygen atoms in total. The van der Waals surface area contributed by atoms with Crippen LogP contribution in [0.5, 0.6) is 0 Å². The van der Waals surface area contributed by atoms with Crippen LogP contribution >= 0.6 is 0 Å². The first-order valence-electron chi connectivity index (χ1n) is 10.3. The van der Waals surface area contributed by atoms with Gasteiger partial charge in [0.2, 0.25) is 11.9 Å². The Hall–Kier alpha value is -4.59. The number of rotatable bonds is 6. The zero-order valence-corrected chi connectivity index (χ0v) is 18.2. The second-order valence-corrected chi connectivity index (χ2v) is 7.37. The summed E-state index contributed by atoms with van der Waals surface area (Å²) in [4.78, 5) is 36.8. The molecule has 2 aromatic heterocycles. The smallest absolute Gasteiger partial charge is 0.255 e. The summed E-state index contributed by atoms with van der Waals surface area (Å²) in [7, 11) is 0. The van der Waals surface area contributed by atoms with Gasteiger partial charge in [0.25, 0.3) is 5.91 Å². The Balaban J connectivity index is 1.49. The summed E-state index contributed by atoms with van der Waals surface area (Å²) in [6.45, 7) is 3.39. The van der Waals surface area contributed by atoms with Gasteiger partial charge in [0.05, 0.1) is 5.69 Å². The van der Waals surface area contributed by atoms with E-state index in [1.54, 1.807) is 42.9 Å². The summed E-state index contributed by atoms with van der Waals surface area (Å²) in [5, 5.41) is 8.80. The molecule has 2 amide bonds. The Bertz CT molecular complexity index is 1290. The molecule has 3 N–H and O–H groups in total. The van der Waals surface area contributed by atoms with E-state index >= 15 is 0 Å². The Kier molecular flexibility index (Phi) is 6.36. The molecule has 0 bridgehead atoms. The molecule has 0 aliphatic heterocycles. The third-order valence-electron chi connectivity index (χ3n) is 4.82. The lowest BCUT2D eigenvalue weighted by Crippen LogP contribution is -2.12. The van der Waals surface area contributed by atoms with Crippen LogP contribution < -0.4 is 16.0 Å². The first kappa shape index (κ1) is 21.6. The number of hydrogen-bond acceptors (Lipinski definition) is 6. The van der Waals surface area contributed by atoms with Crippen molar-refractivity contribution >= 4 is 34.8 Å². The first-order chi connectivity index (χ1) is 16.0. The van der Waals surface area contributed by atoms with Crippen molar-refractivity contribution < 1.29 is 9.59 Å². The van der Waals surface area contributed by atoms with Crippen LogP contribution in [-0.2, 0) is 4.79 Å². The topological polar surface area (TPSA) is 109 Å². The Morgan fingerprint density at radius 3 is 2.39 bits per heavy atom. The van der Waals surface area contributed by atoms with Crippen molar-refractivity contribution in [2.24, 2.45) is 0 Å². The standard InChI is InChI=1S/C25H22N6O2/c1-16-5-8-21(29-24(33)18-6-9-20(10-7-18)28-17(2)32)14-23(16)31-25-27-13-11-22(30-25)19-4-3-12-26-15-19/h3-15H,1-2H3,(H,28,32)(H,29,33)(H,27,30,31). The largest absolute Gasteiger partial charge is 0.326 e. The van der Waals surface area contributed by atoms with Crippen molar-refractivity contribution in [3.8, 4) is 11.3 Å². The Morgan fingerprint density at radius 1 is 0.879 bits per heavy atom. The SMILES string of the molecule is CC(=O)Nc1ccc(C(=O)Nc2ccc(C)c(Nc3nccc(-c4cccnc4)n3)c2)cc1. The van der Waals surface area contributed by atoms with Crippen molar-refractivity contribution in [3.63, 3.8) is 0 Å².